The van der Waals surface area contributed by atoms with Crippen molar-refractivity contribution in [3.63, 3.8) is 0 Å². The Bertz CT molecular complexity index is 1460. The number of fused-ring (bicyclic) bond motifs is 1. The van der Waals surface area contributed by atoms with E-state index < -0.39 is 0 Å². The molecule has 11 nitrogen and oxygen atoms in total. The van der Waals surface area contributed by atoms with E-state index >= 15 is 0 Å². The standard InChI is InChI=1S/C26H28N8O3/c1-15(2)31-22-10-24(34-25-18(13-30-34)8-16(11-27)12-29-25)28-14-20(22)23-9-21(33-37-23)17-4-6-19(7-5-17)32-26(35)36-3/h8-10,12-15,17,19H,4-7H2,1-3H3,(H,28,31)(H,32,35). The first-order valence-electron chi connectivity index (χ1n) is 12.3. The van der Waals surface area contributed by atoms with Gasteiger partial charge in [0.25, 0.3) is 0 Å². The third kappa shape index (κ3) is 5.09. The van der Waals surface area contributed by atoms with E-state index in [2.05, 4.69) is 50.8 Å². The second-order valence-corrected chi connectivity index (χ2v) is 9.49. The van der Waals surface area contributed by atoms with Crippen LogP contribution in [0.4, 0.5) is 10.5 Å². The summed E-state index contributed by atoms with van der Waals surface area (Å²) in [4.78, 5) is 20.5. The Kier molecular flexibility index (Phi) is 6.72. The summed E-state index contributed by atoms with van der Waals surface area (Å²) < 4.78 is 12.1. The van der Waals surface area contributed by atoms with Crippen molar-refractivity contribution in [2.24, 2.45) is 0 Å². The van der Waals surface area contributed by atoms with Crippen molar-refractivity contribution in [2.45, 2.75) is 57.5 Å². The number of alkyl carbamates (subject to hydrolysis) is 1. The number of nitriles is 1. The van der Waals surface area contributed by atoms with Gasteiger partial charge in [0.15, 0.2) is 17.2 Å². The summed E-state index contributed by atoms with van der Waals surface area (Å²) in [7, 11) is 1.38. The molecule has 0 aliphatic heterocycles. The monoisotopic (exact) mass is 500 g/mol. The van der Waals surface area contributed by atoms with Crippen LogP contribution in [0.2, 0.25) is 0 Å². The molecule has 0 bridgehead atoms. The number of amides is 1. The maximum atomic E-state index is 11.5. The Hall–Kier alpha value is -4.46. The van der Waals surface area contributed by atoms with Crippen molar-refractivity contribution in [3.05, 3.63) is 48.0 Å². The van der Waals surface area contributed by atoms with Gasteiger partial charge in [-0.2, -0.15) is 15.0 Å². The fourth-order valence-electron chi connectivity index (χ4n) is 4.70. The molecule has 0 radical (unpaired) electrons. The average molecular weight is 501 g/mol. The van der Waals surface area contributed by atoms with Crippen LogP contribution in [0.1, 0.15) is 56.7 Å². The van der Waals surface area contributed by atoms with E-state index in [1.54, 1.807) is 23.1 Å². The van der Waals surface area contributed by atoms with Crippen LogP contribution in [-0.4, -0.2) is 50.2 Å². The summed E-state index contributed by atoms with van der Waals surface area (Å²) in [5, 5.41) is 25.1. The first kappa shape index (κ1) is 24.2. The van der Waals surface area contributed by atoms with E-state index in [4.69, 9.17) is 14.5 Å². The van der Waals surface area contributed by atoms with Gasteiger partial charge < -0.3 is 19.9 Å². The Balaban J connectivity index is 1.40. The van der Waals surface area contributed by atoms with Gasteiger partial charge >= 0.3 is 6.09 Å². The highest BCUT2D eigenvalue weighted by atomic mass is 16.5. The number of nitrogens with zero attached hydrogens (tertiary/aromatic N) is 6. The number of nitrogens with one attached hydrogen (secondary N) is 2. The average Bonchev–Trinajstić information content (AvgIpc) is 3.56. The van der Waals surface area contributed by atoms with Crippen molar-refractivity contribution < 1.29 is 14.1 Å². The lowest BCUT2D eigenvalue weighted by Crippen LogP contribution is -2.37. The number of carbonyl (C=O) groups excluding carboxylic acids is 1. The minimum Gasteiger partial charge on any atom is -0.453 e. The van der Waals surface area contributed by atoms with Gasteiger partial charge in [-0.25, -0.2) is 14.8 Å². The van der Waals surface area contributed by atoms with Crippen LogP contribution in [0.15, 0.2) is 41.3 Å². The van der Waals surface area contributed by atoms with Gasteiger partial charge in [0, 0.05) is 47.9 Å². The molecule has 0 spiro atoms. The van der Waals surface area contributed by atoms with E-state index in [0.29, 0.717) is 22.8 Å². The van der Waals surface area contributed by atoms with E-state index in [-0.39, 0.29) is 24.1 Å². The van der Waals surface area contributed by atoms with E-state index in [9.17, 15) is 4.79 Å². The molecule has 4 heterocycles. The summed E-state index contributed by atoms with van der Waals surface area (Å²) >= 11 is 0. The molecule has 1 aliphatic carbocycles. The molecule has 0 unspecified atom stereocenters. The summed E-state index contributed by atoms with van der Waals surface area (Å²) in [5.41, 5.74) is 3.64. The Morgan fingerprint density at radius 2 is 1.97 bits per heavy atom. The van der Waals surface area contributed by atoms with Crippen LogP contribution in [0.3, 0.4) is 0 Å². The number of aromatic nitrogens is 5. The zero-order chi connectivity index (χ0) is 25.9. The quantitative estimate of drug-likeness (QED) is 0.390. The molecule has 0 aromatic carbocycles. The van der Waals surface area contributed by atoms with Gasteiger partial charge in [-0.1, -0.05) is 5.16 Å². The van der Waals surface area contributed by atoms with Gasteiger partial charge in [0.1, 0.15) is 6.07 Å². The number of anilines is 1. The van der Waals surface area contributed by atoms with Crippen molar-refractivity contribution >= 4 is 22.8 Å². The number of ether oxygens (including phenoxy) is 1. The predicted octanol–water partition coefficient (Wildman–Crippen LogP) is 4.54. The van der Waals surface area contributed by atoms with Gasteiger partial charge in [0.05, 0.1) is 35.8 Å². The topological polar surface area (TPSA) is 144 Å². The molecule has 11 heteroatoms. The van der Waals surface area contributed by atoms with Crippen LogP contribution < -0.4 is 10.6 Å². The first-order valence-corrected chi connectivity index (χ1v) is 12.3. The minimum absolute atomic E-state index is 0.119. The molecular weight excluding hydrogens is 472 g/mol. The molecule has 1 fully saturated rings. The zero-order valence-corrected chi connectivity index (χ0v) is 20.9. The fraction of sp³-hybridized carbons (Fsp3) is 0.385. The lowest BCUT2D eigenvalue weighted by Gasteiger charge is -2.27. The maximum absolute atomic E-state index is 11.5. The van der Waals surface area contributed by atoms with Crippen LogP contribution >= 0.6 is 0 Å². The molecule has 190 valence electrons. The predicted molar refractivity (Wildman–Crippen MR) is 136 cm³/mol. The number of pyridine rings is 2. The third-order valence-electron chi connectivity index (χ3n) is 6.53. The molecule has 4 aromatic heterocycles. The van der Waals surface area contributed by atoms with E-state index in [1.165, 1.54) is 13.3 Å². The van der Waals surface area contributed by atoms with Crippen molar-refractivity contribution in [3.8, 4) is 23.2 Å². The normalized spacial score (nSPS) is 17.5. The number of hydrogen-bond acceptors (Lipinski definition) is 9. The number of methoxy groups -OCH3 is 1. The smallest absolute Gasteiger partial charge is 0.407 e. The second-order valence-electron chi connectivity index (χ2n) is 9.49. The molecule has 1 aliphatic rings. The minimum atomic E-state index is -0.390. The van der Waals surface area contributed by atoms with Crippen LogP contribution in [0.5, 0.6) is 0 Å². The Morgan fingerprint density at radius 1 is 1.16 bits per heavy atom. The number of hydrogen-bond donors (Lipinski definition) is 2. The Morgan fingerprint density at radius 3 is 2.70 bits per heavy atom. The molecule has 0 atom stereocenters. The fourth-order valence-corrected chi connectivity index (χ4v) is 4.70. The SMILES string of the molecule is COC(=O)NC1CCC(c2cc(-c3cnc(-n4ncc5cc(C#N)cnc54)cc3NC(C)C)on2)CC1. The van der Waals surface area contributed by atoms with E-state index in [0.717, 1.165) is 48.0 Å². The zero-order valence-electron chi connectivity index (χ0n) is 20.9. The van der Waals surface area contributed by atoms with Crippen LogP contribution in [0, 0.1) is 11.3 Å². The van der Waals surface area contributed by atoms with Crippen molar-refractivity contribution in [1.82, 2.24) is 30.2 Å². The molecular formula is C26H28N8O3. The summed E-state index contributed by atoms with van der Waals surface area (Å²) in [5.74, 6) is 1.49. The molecule has 1 saturated carbocycles. The molecule has 37 heavy (non-hydrogen) atoms. The number of rotatable bonds is 6. The van der Waals surface area contributed by atoms with Crippen LogP contribution in [0.25, 0.3) is 28.2 Å². The summed E-state index contributed by atoms with van der Waals surface area (Å²) in [6.07, 6.45) is 8.09. The third-order valence-corrected chi connectivity index (χ3v) is 6.53. The van der Waals surface area contributed by atoms with Gasteiger partial charge in [-0.15, -0.1) is 0 Å². The highest BCUT2D eigenvalue weighted by molar-refractivity contribution is 5.79. The van der Waals surface area contributed by atoms with Gasteiger partial charge in [0.2, 0.25) is 0 Å². The lowest BCUT2D eigenvalue weighted by molar-refractivity contribution is 0.162. The molecule has 5 rings (SSSR count). The lowest BCUT2D eigenvalue weighted by atomic mass is 9.84. The van der Waals surface area contributed by atoms with E-state index in [1.807, 2.05) is 12.1 Å². The number of carbonyl (C=O) groups is 1. The largest absolute Gasteiger partial charge is 0.453 e. The molecule has 0 saturated heterocycles. The summed E-state index contributed by atoms with van der Waals surface area (Å²) in [6.45, 7) is 4.12. The summed E-state index contributed by atoms with van der Waals surface area (Å²) in [6, 6.07) is 8.03. The van der Waals surface area contributed by atoms with Gasteiger partial charge in [-0.3, -0.25) is 0 Å². The molecule has 4 aromatic rings. The molecule has 2 N–H and O–H groups in total. The second kappa shape index (κ2) is 10.3. The highest BCUT2D eigenvalue weighted by Gasteiger charge is 2.26. The van der Waals surface area contributed by atoms with Crippen LogP contribution in [-0.2, 0) is 4.74 Å². The molecule has 1 amide bonds. The van der Waals surface area contributed by atoms with Crippen molar-refractivity contribution in [2.75, 3.05) is 12.4 Å². The van der Waals surface area contributed by atoms with Gasteiger partial charge in [-0.05, 0) is 45.6 Å². The highest BCUT2D eigenvalue weighted by Crippen LogP contribution is 2.36. The van der Waals surface area contributed by atoms with Crippen molar-refractivity contribution in [1.29, 1.82) is 5.26 Å². The Labute approximate surface area is 213 Å². The first-order chi connectivity index (χ1) is 17.9. The maximum Gasteiger partial charge on any atom is 0.407 e.